The highest BCUT2D eigenvalue weighted by Gasteiger charge is 2.63. The second-order valence-electron chi connectivity index (χ2n) is 8.43. The minimum Gasteiger partial charge on any atom is -0.454 e. The fraction of sp³-hybridized carbons (Fsp3) is 0.524. The van der Waals surface area contributed by atoms with Crippen LogP contribution in [0.15, 0.2) is 18.5 Å². The highest BCUT2D eigenvalue weighted by molar-refractivity contribution is 5.76. The Balaban J connectivity index is 1.78. The zero-order chi connectivity index (χ0) is 25.3. The molecule has 0 amide bonds. The van der Waals surface area contributed by atoms with E-state index >= 15 is 0 Å². The molecule has 0 saturated carbocycles. The molecule has 0 bridgehead atoms. The number of carbonyl (C=O) groups excluding carboxylic acids is 3. The summed E-state index contributed by atoms with van der Waals surface area (Å²) in [6, 6.07) is 5.15. The van der Waals surface area contributed by atoms with Crippen molar-refractivity contribution < 1.29 is 38.1 Å². The molecule has 14 nitrogen and oxygen atoms in total. The smallest absolute Gasteiger partial charge is 0.454 e. The minimum atomic E-state index is -1.99. The van der Waals surface area contributed by atoms with Gasteiger partial charge in [0.05, 0.1) is 24.9 Å². The van der Waals surface area contributed by atoms with E-state index < -0.39 is 54.7 Å². The molecule has 0 aromatic carbocycles. The van der Waals surface area contributed by atoms with Crippen LogP contribution in [-0.4, -0.2) is 88.8 Å². The normalized spacial score (nSPS) is 27.2. The third-order valence-electron chi connectivity index (χ3n) is 5.45. The quantitative estimate of drug-likeness (QED) is 0.440. The molecule has 4 atom stereocenters. The summed E-state index contributed by atoms with van der Waals surface area (Å²) in [4.78, 5) is 42.6. The number of nitrogen functional groups attached to an aromatic ring is 1. The summed E-state index contributed by atoms with van der Waals surface area (Å²) in [6.45, 7) is 2.40. The van der Waals surface area contributed by atoms with Gasteiger partial charge in [0.25, 0.3) is 0 Å². The van der Waals surface area contributed by atoms with Crippen LogP contribution in [0.1, 0.15) is 19.5 Å². The molecule has 0 aliphatic carbocycles. The number of ether oxygens (including phenoxy) is 5. The van der Waals surface area contributed by atoms with Crippen LogP contribution in [0.2, 0.25) is 0 Å². The molecule has 2 N–H and O–H groups in total. The molecule has 2 saturated heterocycles. The van der Waals surface area contributed by atoms with Gasteiger partial charge >= 0.3 is 18.1 Å². The zero-order valence-corrected chi connectivity index (χ0v) is 19.2. The van der Waals surface area contributed by atoms with Crippen LogP contribution < -0.4 is 5.73 Å². The van der Waals surface area contributed by atoms with Crippen LogP contribution >= 0.6 is 0 Å². The van der Waals surface area contributed by atoms with Crippen LogP contribution in [0, 0.1) is 11.3 Å². The predicted molar refractivity (Wildman–Crippen MR) is 114 cm³/mol. The summed E-state index contributed by atoms with van der Waals surface area (Å²) in [5, 5.41) is 14.5. The Morgan fingerprint density at radius 2 is 2.03 bits per heavy atom. The van der Waals surface area contributed by atoms with Crippen molar-refractivity contribution in [1.82, 2.24) is 19.5 Å². The Labute approximate surface area is 199 Å². The first-order valence-electron chi connectivity index (χ1n) is 10.7. The van der Waals surface area contributed by atoms with Gasteiger partial charge in [-0.2, -0.15) is 10.4 Å². The molecule has 186 valence electrons. The summed E-state index contributed by atoms with van der Waals surface area (Å²) in [5.41, 5.74) is 4.47. The number of nitriles is 1. The van der Waals surface area contributed by atoms with E-state index in [1.165, 1.54) is 21.8 Å². The van der Waals surface area contributed by atoms with E-state index in [9.17, 15) is 19.6 Å². The number of esters is 2. The molecule has 0 radical (unpaired) electrons. The highest BCUT2D eigenvalue weighted by Crippen LogP contribution is 2.43. The summed E-state index contributed by atoms with van der Waals surface area (Å²) >= 11 is 0. The van der Waals surface area contributed by atoms with Gasteiger partial charge < -0.3 is 29.4 Å². The first kappa shape index (κ1) is 24.2. The monoisotopic (exact) mass is 488 g/mol. The molecular weight excluding hydrogens is 464 g/mol. The lowest BCUT2D eigenvalue weighted by molar-refractivity contribution is -0.165. The number of nitrogens with two attached hydrogens (primary N) is 1. The van der Waals surface area contributed by atoms with E-state index in [1.807, 2.05) is 0 Å². The third-order valence-corrected chi connectivity index (χ3v) is 5.45. The Morgan fingerprint density at radius 1 is 1.31 bits per heavy atom. The standard InChI is InChI=1S/C21H24N6O8/c1-11(2)32-20(30)31-8-13-17-18(34-16(29)7-26(3)6-15(28)33-17)21(9-22,35-13)14-5-4-12-19(23)24-10-25-27(12)14/h4-5,10-11,13,17-18H,6-8H2,1-3H3,(H2,23,24,25)/t13-,17-,18-,21+/m1/s1. The lowest BCUT2D eigenvalue weighted by atomic mass is 9.92. The van der Waals surface area contributed by atoms with Crippen molar-refractivity contribution in [3.63, 3.8) is 0 Å². The molecule has 4 rings (SSSR count). The lowest BCUT2D eigenvalue weighted by Gasteiger charge is -2.28. The van der Waals surface area contributed by atoms with E-state index in [2.05, 4.69) is 16.2 Å². The Morgan fingerprint density at radius 3 is 2.71 bits per heavy atom. The number of aromatic nitrogens is 3. The van der Waals surface area contributed by atoms with Crippen molar-refractivity contribution in [2.75, 3.05) is 32.5 Å². The van der Waals surface area contributed by atoms with Crippen LogP contribution in [-0.2, 0) is 38.9 Å². The van der Waals surface area contributed by atoms with E-state index in [4.69, 9.17) is 29.4 Å². The molecule has 2 aromatic rings. The fourth-order valence-corrected chi connectivity index (χ4v) is 4.04. The van der Waals surface area contributed by atoms with Gasteiger partial charge in [-0.3, -0.25) is 14.5 Å². The summed E-state index contributed by atoms with van der Waals surface area (Å²) in [7, 11) is 1.54. The molecule has 0 spiro atoms. The van der Waals surface area contributed by atoms with Gasteiger partial charge in [0.2, 0.25) is 5.60 Å². The van der Waals surface area contributed by atoms with Gasteiger partial charge in [-0.1, -0.05) is 0 Å². The van der Waals surface area contributed by atoms with Gasteiger partial charge in [-0.25, -0.2) is 14.3 Å². The maximum absolute atomic E-state index is 12.7. The van der Waals surface area contributed by atoms with Crippen molar-refractivity contribution >= 4 is 29.4 Å². The minimum absolute atomic E-state index is 0.143. The molecule has 2 aliphatic rings. The van der Waals surface area contributed by atoms with Crippen LogP contribution in [0.25, 0.3) is 5.52 Å². The summed E-state index contributed by atoms with van der Waals surface area (Å²) in [5.74, 6) is -1.25. The maximum atomic E-state index is 12.7. The number of likely N-dealkylation sites (N-methyl/N-ethyl adjacent to an activating group) is 1. The average molecular weight is 488 g/mol. The Kier molecular flexibility index (Phi) is 6.46. The molecule has 2 fully saturated rings. The fourth-order valence-electron chi connectivity index (χ4n) is 4.04. The Bertz CT molecular complexity index is 1190. The molecule has 35 heavy (non-hydrogen) atoms. The van der Waals surface area contributed by atoms with Crippen molar-refractivity contribution in [3.05, 3.63) is 24.2 Å². The second kappa shape index (κ2) is 9.35. The Hall–Kier alpha value is -3.96. The predicted octanol–water partition coefficient (Wildman–Crippen LogP) is -0.240. The first-order chi connectivity index (χ1) is 16.6. The lowest BCUT2D eigenvalue weighted by Crippen LogP contribution is -2.46. The van der Waals surface area contributed by atoms with E-state index in [-0.39, 0.29) is 24.6 Å². The number of hydrogen-bond acceptors (Lipinski definition) is 13. The highest BCUT2D eigenvalue weighted by atomic mass is 16.7. The molecule has 2 aliphatic heterocycles. The topological polar surface area (TPSA) is 181 Å². The van der Waals surface area contributed by atoms with Gasteiger partial charge in [0, 0.05) is 0 Å². The number of nitrogens with zero attached hydrogens (tertiary/aromatic N) is 5. The molecule has 14 heteroatoms. The van der Waals surface area contributed by atoms with E-state index in [0.717, 1.165) is 0 Å². The SMILES string of the molecule is CC(C)OC(=O)OC[C@H]1O[C@@](C#N)(c2ccc3c(N)ncnn23)[C@@H]2OC(=O)CN(C)CC(=O)O[C@@H]21. The van der Waals surface area contributed by atoms with Crippen molar-refractivity contribution in [2.45, 2.75) is 43.9 Å². The maximum Gasteiger partial charge on any atom is 0.508 e. The number of hydrogen-bond donors (Lipinski definition) is 1. The van der Waals surface area contributed by atoms with Crippen molar-refractivity contribution in [2.24, 2.45) is 0 Å². The van der Waals surface area contributed by atoms with E-state index in [1.54, 1.807) is 27.0 Å². The number of fused-ring (bicyclic) bond motifs is 2. The summed E-state index contributed by atoms with van der Waals surface area (Å²) in [6.07, 6.45) is -4.10. The largest absolute Gasteiger partial charge is 0.508 e. The molecular formula is C21H24N6O8. The van der Waals surface area contributed by atoms with Crippen molar-refractivity contribution in [1.29, 1.82) is 5.26 Å². The van der Waals surface area contributed by atoms with Gasteiger partial charge in [-0.05, 0) is 33.0 Å². The van der Waals surface area contributed by atoms with Crippen LogP contribution in [0.5, 0.6) is 0 Å². The number of rotatable bonds is 4. The molecule has 4 heterocycles. The van der Waals surface area contributed by atoms with Crippen LogP contribution in [0.3, 0.4) is 0 Å². The van der Waals surface area contributed by atoms with E-state index in [0.29, 0.717) is 5.52 Å². The average Bonchev–Trinajstić information content (AvgIpc) is 3.34. The van der Waals surface area contributed by atoms with Gasteiger partial charge in [0.1, 0.15) is 30.6 Å². The number of carbonyl (C=O) groups is 3. The third kappa shape index (κ3) is 4.55. The first-order valence-corrected chi connectivity index (χ1v) is 10.7. The molecule has 2 aromatic heterocycles. The molecule has 0 unspecified atom stereocenters. The van der Waals surface area contributed by atoms with Gasteiger partial charge in [-0.15, -0.1) is 0 Å². The number of anilines is 1. The second-order valence-corrected chi connectivity index (χ2v) is 8.43. The van der Waals surface area contributed by atoms with Gasteiger partial charge in [0.15, 0.2) is 18.0 Å². The van der Waals surface area contributed by atoms with Crippen LogP contribution in [0.4, 0.5) is 10.6 Å². The van der Waals surface area contributed by atoms with Crippen molar-refractivity contribution in [3.8, 4) is 6.07 Å². The summed E-state index contributed by atoms with van der Waals surface area (Å²) < 4.78 is 28.8. The zero-order valence-electron chi connectivity index (χ0n) is 19.2.